The number of aryl methyl sites for hydroxylation is 1. The van der Waals surface area contributed by atoms with Gasteiger partial charge >= 0.3 is 0 Å². The van der Waals surface area contributed by atoms with Crippen molar-refractivity contribution in [1.29, 1.82) is 5.26 Å². The number of hydrogen-bond acceptors (Lipinski definition) is 5. The molecule has 25 heavy (non-hydrogen) atoms. The van der Waals surface area contributed by atoms with E-state index in [9.17, 15) is 15.4 Å². The molecule has 2 aromatic carbocycles. The van der Waals surface area contributed by atoms with Gasteiger partial charge in [0, 0.05) is 23.1 Å². The molecule has 1 heterocycles. The van der Waals surface area contributed by atoms with Crippen molar-refractivity contribution < 1.29 is 4.92 Å². The average Bonchev–Trinajstić information content (AvgIpc) is 3.11. The van der Waals surface area contributed by atoms with Crippen molar-refractivity contribution in [2.45, 2.75) is 6.92 Å². The number of nitriles is 1. The van der Waals surface area contributed by atoms with Gasteiger partial charge in [0.05, 0.1) is 16.2 Å². The predicted octanol–water partition coefficient (Wildman–Crippen LogP) is 5.09. The molecule has 5 nitrogen and oxygen atoms in total. The van der Waals surface area contributed by atoms with E-state index in [1.165, 1.54) is 23.5 Å². The van der Waals surface area contributed by atoms with E-state index in [0.29, 0.717) is 16.3 Å². The Kier molecular flexibility index (Phi) is 4.68. The first-order chi connectivity index (χ1) is 12.1. The smallest absolute Gasteiger partial charge is 0.258 e. The van der Waals surface area contributed by atoms with Gasteiger partial charge in [0.15, 0.2) is 0 Å². The summed E-state index contributed by atoms with van der Waals surface area (Å²) in [6.07, 6.45) is 1.80. The Hall–Kier alpha value is -3.30. The summed E-state index contributed by atoms with van der Waals surface area (Å²) >= 11 is 1.37. The normalized spacial score (nSPS) is 11.1. The molecule has 0 saturated carbocycles. The third-order valence-corrected chi connectivity index (χ3v) is 4.49. The molecule has 0 bridgehead atoms. The van der Waals surface area contributed by atoms with E-state index in [4.69, 9.17) is 0 Å². The van der Waals surface area contributed by atoms with Crippen molar-refractivity contribution in [3.05, 3.63) is 80.2 Å². The zero-order valence-corrected chi connectivity index (χ0v) is 14.2. The molecule has 0 saturated heterocycles. The van der Waals surface area contributed by atoms with Crippen LogP contribution in [0, 0.1) is 28.4 Å². The summed E-state index contributed by atoms with van der Waals surface area (Å²) in [5.41, 5.74) is 4.10. The second-order valence-corrected chi connectivity index (χ2v) is 6.28. The van der Waals surface area contributed by atoms with Crippen molar-refractivity contribution in [3.8, 4) is 17.3 Å². The molecule has 0 atom stereocenters. The summed E-state index contributed by atoms with van der Waals surface area (Å²) in [5, 5.41) is 22.6. The highest BCUT2D eigenvalue weighted by molar-refractivity contribution is 7.11. The number of nitro groups is 1. The first-order valence-electron chi connectivity index (χ1n) is 7.46. The van der Waals surface area contributed by atoms with Crippen LogP contribution in [0.2, 0.25) is 0 Å². The fraction of sp³-hybridized carbons (Fsp3) is 0.0526. The van der Waals surface area contributed by atoms with Gasteiger partial charge in [-0.2, -0.15) is 5.26 Å². The maximum Gasteiger partial charge on any atom is 0.269 e. The minimum absolute atomic E-state index is 0.0381. The van der Waals surface area contributed by atoms with Gasteiger partial charge in [0.1, 0.15) is 11.1 Å². The number of aromatic nitrogens is 1. The molecular formula is C19H13N3O2S. The van der Waals surface area contributed by atoms with E-state index in [0.717, 1.165) is 16.7 Å². The Morgan fingerprint density at radius 1 is 1.20 bits per heavy atom. The highest BCUT2D eigenvalue weighted by atomic mass is 32.1. The number of allylic oxidation sites excluding steroid dienone is 1. The number of nitro benzene ring substituents is 1. The molecule has 0 radical (unpaired) electrons. The van der Waals surface area contributed by atoms with Crippen LogP contribution >= 0.6 is 11.3 Å². The number of benzene rings is 2. The molecule has 0 spiro atoms. The Bertz CT molecular complexity index is 981. The maximum absolute atomic E-state index is 10.7. The average molecular weight is 347 g/mol. The molecule has 3 aromatic rings. The quantitative estimate of drug-likeness (QED) is 0.374. The lowest BCUT2D eigenvalue weighted by molar-refractivity contribution is -0.384. The van der Waals surface area contributed by atoms with Crippen LogP contribution in [0.15, 0.2) is 53.9 Å². The summed E-state index contributed by atoms with van der Waals surface area (Å²) in [6.45, 7) is 2.01. The van der Waals surface area contributed by atoms with Crippen LogP contribution in [0.5, 0.6) is 0 Å². The van der Waals surface area contributed by atoms with E-state index < -0.39 is 4.92 Å². The van der Waals surface area contributed by atoms with Gasteiger partial charge in [0.25, 0.3) is 5.69 Å². The number of non-ortho nitro benzene ring substituents is 1. The Morgan fingerprint density at radius 2 is 1.88 bits per heavy atom. The Morgan fingerprint density at radius 3 is 2.48 bits per heavy atom. The molecule has 0 aliphatic rings. The zero-order chi connectivity index (χ0) is 17.8. The first-order valence-corrected chi connectivity index (χ1v) is 8.34. The molecular weight excluding hydrogens is 334 g/mol. The maximum atomic E-state index is 10.7. The summed E-state index contributed by atoms with van der Waals surface area (Å²) < 4.78 is 0. The number of hydrogen-bond donors (Lipinski definition) is 0. The third kappa shape index (κ3) is 3.79. The molecule has 0 N–H and O–H groups in total. The topological polar surface area (TPSA) is 79.8 Å². The minimum atomic E-state index is -0.436. The van der Waals surface area contributed by atoms with Gasteiger partial charge in [-0.05, 0) is 30.7 Å². The Balaban J connectivity index is 1.90. The standard InChI is InChI=1S/C19H13N3O2S/c1-13-2-4-14(5-3-13)10-16(11-20)19-21-18(12-25-19)15-6-8-17(9-7-15)22(23)24/h2-10,12H,1H3. The lowest BCUT2D eigenvalue weighted by Gasteiger charge is -1.98. The first kappa shape index (κ1) is 16.6. The predicted molar refractivity (Wildman–Crippen MR) is 98.9 cm³/mol. The van der Waals surface area contributed by atoms with Crippen molar-refractivity contribution in [3.63, 3.8) is 0 Å². The summed E-state index contributed by atoms with van der Waals surface area (Å²) in [5.74, 6) is 0. The van der Waals surface area contributed by atoms with E-state index in [2.05, 4.69) is 11.1 Å². The fourth-order valence-corrected chi connectivity index (χ4v) is 3.05. The highest BCUT2D eigenvalue weighted by Gasteiger charge is 2.11. The number of rotatable bonds is 4. The van der Waals surface area contributed by atoms with Crippen LogP contribution in [-0.2, 0) is 0 Å². The molecule has 3 rings (SSSR count). The van der Waals surface area contributed by atoms with Crippen LogP contribution in [0.1, 0.15) is 16.1 Å². The number of thiazole rings is 1. The van der Waals surface area contributed by atoms with Crippen LogP contribution in [0.3, 0.4) is 0 Å². The Labute approximate surface area is 148 Å². The molecule has 0 amide bonds. The molecule has 0 aliphatic heterocycles. The minimum Gasteiger partial charge on any atom is -0.258 e. The number of nitrogens with zero attached hydrogens (tertiary/aromatic N) is 3. The molecule has 6 heteroatoms. The SMILES string of the molecule is Cc1ccc(C=C(C#N)c2nc(-c3ccc([N+](=O)[O-])cc3)cs2)cc1. The fourth-order valence-electron chi connectivity index (χ4n) is 2.26. The van der Waals surface area contributed by atoms with Gasteiger partial charge in [0.2, 0.25) is 0 Å². The summed E-state index contributed by atoms with van der Waals surface area (Å²) in [4.78, 5) is 14.8. The molecule has 0 fully saturated rings. The lowest BCUT2D eigenvalue weighted by atomic mass is 10.1. The van der Waals surface area contributed by atoms with Gasteiger partial charge in [-0.1, -0.05) is 29.8 Å². The van der Waals surface area contributed by atoms with Crippen LogP contribution in [0.4, 0.5) is 5.69 Å². The van der Waals surface area contributed by atoms with Crippen LogP contribution in [-0.4, -0.2) is 9.91 Å². The second-order valence-electron chi connectivity index (χ2n) is 5.42. The van der Waals surface area contributed by atoms with E-state index in [-0.39, 0.29) is 5.69 Å². The third-order valence-electron chi connectivity index (χ3n) is 3.62. The van der Waals surface area contributed by atoms with Crippen molar-refractivity contribution >= 4 is 28.7 Å². The largest absolute Gasteiger partial charge is 0.269 e. The summed E-state index contributed by atoms with van der Waals surface area (Å²) in [7, 11) is 0. The van der Waals surface area contributed by atoms with E-state index in [1.807, 2.05) is 36.6 Å². The van der Waals surface area contributed by atoms with Crippen LogP contribution in [0.25, 0.3) is 22.9 Å². The molecule has 0 aliphatic carbocycles. The molecule has 122 valence electrons. The monoisotopic (exact) mass is 347 g/mol. The van der Waals surface area contributed by atoms with Gasteiger partial charge in [-0.25, -0.2) is 4.98 Å². The van der Waals surface area contributed by atoms with E-state index in [1.54, 1.807) is 18.2 Å². The van der Waals surface area contributed by atoms with Crippen molar-refractivity contribution in [2.24, 2.45) is 0 Å². The lowest BCUT2D eigenvalue weighted by Crippen LogP contribution is -1.87. The molecule has 0 unspecified atom stereocenters. The van der Waals surface area contributed by atoms with Gasteiger partial charge < -0.3 is 0 Å². The second kappa shape index (κ2) is 7.07. The zero-order valence-electron chi connectivity index (χ0n) is 13.3. The van der Waals surface area contributed by atoms with Gasteiger partial charge in [-0.15, -0.1) is 11.3 Å². The van der Waals surface area contributed by atoms with Gasteiger partial charge in [-0.3, -0.25) is 10.1 Å². The molecule has 1 aromatic heterocycles. The van der Waals surface area contributed by atoms with E-state index >= 15 is 0 Å². The highest BCUT2D eigenvalue weighted by Crippen LogP contribution is 2.28. The summed E-state index contributed by atoms with van der Waals surface area (Å²) in [6, 6.07) is 16.3. The van der Waals surface area contributed by atoms with Crippen LogP contribution < -0.4 is 0 Å². The van der Waals surface area contributed by atoms with Crippen molar-refractivity contribution in [2.75, 3.05) is 0 Å². The van der Waals surface area contributed by atoms with Crippen molar-refractivity contribution in [1.82, 2.24) is 4.98 Å².